The Morgan fingerprint density at radius 2 is 1.90 bits per heavy atom. The van der Waals surface area contributed by atoms with Gasteiger partial charge >= 0.3 is 0 Å². The minimum atomic E-state index is -0.515. The van der Waals surface area contributed by atoms with Crippen molar-refractivity contribution < 1.29 is 5.11 Å². The van der Waals surface area contributed by atoms with E-state index in [1.165, 1.54) is 11.1 Å². The van der Waals surface area contributed by atoms with E-state index in [1.54, 1.807) is 0 Å². The third-order valence-corrected chi connectivity index (χ3v) is 4.02. The molecule has 0 bridgehead atoms. The van der Waals surface area contributed by atoms with Gasteiger partial charge in [0.2, 0.25) is 0 Å². The standard InChI is InChI=1S/C17H24N2O/c1-6-15-13(4)18-19(14(15)5)10-17(20)16-8-7-11(2)9-12(16)3/h7-9,17,20H,6,10H2,1-5H3. The fourth-order valence-corrected chi connectivity index (χ4v) is 2.89. The van der Waals surface area contributed by atoms with Crippen molar-refractivity contribution in [3.05, 3.63) is 51.8 Å². The fourth-order valence-electron chi connectivity index (χ4n) is 2.89. The minimum absolute atomic E-state index is 0.510. The number of aliphatic hydroxyl groups is 1. The number of hydrogen-bond acceptors (Lipinski definition) is 2. The van der Waals surface area contributed by atoms with Crippen molar-refractivity contribution in [1.29, 1.82) is 0 Å². The lowest BCUT2D eigenvalue weighted by molar-refractivity contribution is 0.150. The minimum Gasteiger partial charge on any atom is -0.386 e. The third-order valence-electron chi connectivity index (χ3n) is 4.02. The van der Waals surface area contributed by atoms with E-state index in [9.17, 15) is 5.11 Å². The molecule has 1 atom stereocenters. The SMILES string of the molecule is CCc1c(C)nn(CC(O)c2ccc(C)cc2C)c1C. The molecule has 2 rings (SSSR count). The molecule has 0 aliphatic carbocycles. The number of hydrogen-bond donors (Lipinski definition) is 1. The van der Waals surface area contributed by atoms with E-state index >= 15 is 0 Å². The zero-order valence-corrected chi connectivity index (χ0v) is 13.1. The maximum Gasteiger partial charge on any atom is 0.0988 e. The molecule has 1 aromatic carbocycles. The van der Waals surface area contributed by atoms with Crippen LogP contribution in [-0.2, 0) is 13.0 Å². The first-order valence-electron chi connectivity index (χ1n) is 7.22. The highest BCUT2D eigenvalue weighted by Crippen LogP contribution is 2.22. The molecule has 0 aliphatic heterocycles. The summed E-state index contributed by atoms with van der Waals surface area (Å²) >= 11 is 0. The van der Waals surface area contributed by atoms with Crippen LogP contribution in [0.3, 0.4) is 0 Å². The van der Waals surface area contributed by atoms with Gasteiger partial charge in [0, 0.05) is 5.69 Å². The summed E-state index contributed by atoms with van der Waals surface area (Å²) in [5.41, 5.74) is 6.86. The van der Waals surface area contributed by atoms with Gasteiger partial charge in [0.1, 0.15) is 0 Å². The number of aliphatic hydroxyl groups excluding tert-OH is 1. The Morgan fingerprint density at radius 1 is 1.20 bits per heavy atom. The Balaban J connectivity index is 2.25. The largest absolute Gasteiger partial charge is 0.386 e. The number of aromatic nitrogens is 2. The van der Waals surface area contributed by atoms with E-state index in [2.05, 4.69) is 31.9 Å². The van der Waals surface area contributed by atoms with Crippen LogP contribution in [0.1, 0.15) is 46.7 Å². The van der Waals surface area contributed by atoms with Crippen molar-refractivity contribution in [2.45, 2.75) is 53.7 Å². The molecule has 1 N–H and O–H groups in total. The van der Waals surface area contributed by atoms with Gasteiger partial charge in [-0.2, -0.15) is 5.10 Å². The van der Waals surface area contributed by atoms with Crippen LogP contribution in [0.4, 0.5) is 0 Å². The van der Waals surface area contributed by atoms with Gasteiger partial charge in [-0.3, -0.25) is 4.68 Å². The Hall–Kier alpha value is -1.61. The molecule has 3 heteroatoms. The molecule has 0 spiro atoms. The molecule has 108 valence electrons. The quantitative estimate of drug-likeness (QED) is 0.926. The van der Waals surface area contributed by atoms with Crippen molar-refractivity contribution in [2.75, 3.05) is 0 Å². The van der Waals surface area contributed by atoms with E-state index in [0.29, 0.717) is 6.54 Å². The van der Waals surface area contributed by atoms with Crippen molar-refractivity contribution in [1.82, 2.24) is 9.78 Å². The smallest absolute Gasteiger partial charge is 0.0988 e. The Bertz CT molecular complexity index is 614. The summed E-state index contributed by atoms with van der Waals surface area (Å²) in [6.45, 7) is 10.9. The van der Waals surface area contributed by atoms with Crippen molar-refractivity contribution in [2.24, 2.45) is 0 Å². The first-order valence-corrected chi connectivity index (χ1v) is 7.22. The fraction of sp³-hybridized carbons (Fsp3) is 0.471. The molecular formula is C17H24N2O. The van der Waals surface area contributed by atoms with Crippen molar-refractivity contribution in [3.8, 4) is 0 Å². The first-order chi connectivity index (χ1) is 9.43. The lowest BCUT2D eigenvalue weighted by Crippen LogP contribution is -2.12. The monoisotopic (exact) mass is 272 g/mol. The molecule has 0 saturated heterocycles. The summed E-state index contributed by atoms with van der Waals surface area (Å²) in [5.74, 6) is 0. The highest BCUT2D eigenvalue weighted by atomic mass is 16.3. The number of nitrogens with zero attached hydrogens (tertiary/aromatic N) is 2. The molecule has 0 aliphatic rings. The molecule has 0 fully saturated rings. The second kappa shape index (κ2) is 5.80. The van der Waals surface area contributed by atoms with Crippen LogP contribution in [0.15, 0.2) is 18.2 Å². The Labute approximate surface area is 121 Å². The zero-order valence-electron chi connectivity index (χ0n) is 13.1. The topological polar surface area (TPSA) is 38.0 Å². The summed E-state index contributed by atoms with van der Waals surface area (Å²) in [7, 11) is 0. The van der Waals surface area contributed by atoms with Gasteiger partial charge in [-0.25, -0.2) is 0 Å². The molecule has 1 heterocycles. The maximum atomic E-state index is 10.5. The van der Waals surface area contributed by atoms with Gasteiger partial charge in [0.05, 0.1) is 18.3 Å². The molecule has 1 aromatic heterocycles. The predicted molar refractivity (Wildman–Crippen MR) is 82.0 cm³/mol. The second-order valence-corrected chi connectivity index (χ2v) is 5.56. The molecule has 0 saturated carbocycles. The van der Waals surface area contributed by atoms with Gasteiger partial charge in [-0.05, 0) is 50.8 Å². The molecule has 1 unspecified atom stereocenters. The van der Waals surface area contributed by atoms with Gasteiger partial charge in [-0.1, -0.05) is 30.7 Å². The van der Waals surface area contributed by atoms with Crippen molar-refractivity contribution >= 4 is 0 Å². The summed E-state index contributed by atoms with van der Waals surface area (Å²) in [6.07, 6.45) is 0.468. The lowest BCUT2D eigenvalue weighted by Gasteiger charge is -2.15. The number of aryl methyl sites for hydroxylation is 3. The van der Waals surface area contributed by atoms with Crippen LogP contribution in [0.2, 0.25) is 0 Å². The summed E-state index contributed by atoms with van der Waals surface area (Å²) in [5, 5.41) is 15.0. The van der Waals surface area contributed by atoms with E-state index < -0.39 is 6.10 Å². The highest BCUT2D eigenvalue weighted by molar-refractivity contribution is 5.32. The molecular weight excluding hydrogens is 248 g/mol. The molecule has 2 aromatic rings. The van der Waals surface area contributed by atoms with Crippen LogP contribution in [0.5, 0.6) is 0 Å². The first kappa shape index (κ1) is 14.8. The average Bonchev–Trinajstić information content (AvgIpc) is 2.63. The molecule has 20 heavy (non-hydrogen) atoms. The molecule has 0 amide bonds. The maximum absolute atomic E-state index is 10.5. The number of benzene rings is 1. The second-order valence-electron chi connectivity index (χ2n) is 5.56. The van der Waals surface area contributed by atoms with Crippen LogP contribution < -0.4 is 0 Å². The zero-order chi connectivity index (χ0) is 14.9. The lowest BCUT2D eigenvalue weighted by atomic mass is 10.0. The van der Waals surface area contributed by atoms with Crippen LogP contribution in [0, 0.1) is 27.7 Å². The van der Waals surface area contributed by atoms with Crippen LogP contribution in [-0.4, -0.2) is 14.9 Å². The van der Waals surface area contributed by atoms with Gasteiger partial charge < -0.3 is 5.11 Å². The molecule has 0 radical (unpaired) electrons. The van der Waals surface area contributed by atoms with E-state index in [4.69, 9.17) is 0 Å². The third kappa shape index (κ3) is 2.78. The summed E-state index contributed by atoms with van der Waals surface area (Å²) < 4.78 is 1.93. The van der Waals surface area contributed by atoms with E-state index in [-0.39, 0.29) is 0 Å². The van der Waals surface area contributed by atoms with E-state index in [1.807, 2.05) is 30.7 Å². The normalized spacial score (nSPS) is 12.7. The van der Waals surface area contributed by atoms with E-state index in [0.717, 1.165) is 28.9 Å². The average molecular weight is 272 g/mol. The molecule has 3 nitrogen and oxygen atoms in total. The Morgan fingerprint density at radius 3 is 2.45 bits per heavy atom. The number of rotatable bonds is 4. The summed E-state index contributed by atoms with van der Waals surface area (Å²) in [6, 6.07) is 6.17. The highest BCUT2D eigenvalue weighted by Gasteiger charge is 2.15. The van der Waals surface area contributed by atoms with Crippen LogP contribution >= 0.6 is 0 Å². The van der Waals surface area contributed by atoms with Gasteiger partial charge in [0.15, 0.2) is 0 Å². The van der Waals surface area contributed by atoms with Gasteiger partial charge in [-0.15, -0.1) is 0 Å². The van der Waals surface area contributed by atoms with Crippen molar-refractivity contribution in [3.63, 3.8) is 0 Å². The summed E-state index contributed by atoms with van der Waals surface area (Å²) in [4.78, 5) is 0. The van der Waals surface area contributed by atoms with Crippen LogP contribution in [0.25, 0.3) is 0 Å². The van der Waals surface area contributed by atoms with Gasteiger partial charge in [0.25, 0.3) is 0 Å². The Kier molecular flexibility index (Phi) is 4.29. The predicted octanol–water partition coefficient (Wildman–Crippen LogP) is 3.41.